The van der Waals surface area contributed by atoms with E-state index in [1.165, 1.54) is 12.2 Å². The van der Waals surface area contributed by atoms with Gasteiger partial charge in [0.15, 0.2) is 0 Å². The molecular formula is C13H25NO2S. The molecule has 2 heterocycles. The van der Waals surface area contributed by atoms with E-state index in [1.54, 1.807) is 7.11 Å². The van der Waals surface area contributed by atoms with Crippen LogP contribution in [0.1, 0.15) is 32.6 Å². The molecule has 0 aliphatic carbocycles. The standard InChI is InChI=1S/C13H25NO2S/c1-3-13(14,9-15-2)11-4-6-16-12(8-11)5-7-17-10-12/h11H,3-10,14H2,1-2H3. The maximum atomic E-state index is 6.55. The Hall–Kier alpha value is 0.230. The summed E-state index contributed by atoms with van der Waals surface area (Å²) in [7, 11) is 1.75. The average Bonchev–Trinajstić information content (AvgIpc) is 2.77. The molecule has 2 aliphatic heterocycles. The van der Waals surface area contributed by atoms with Crippen LogP contribution < -0.4 is 5.73 Å². The Balaban J connectivity index is 2.05. The zero-order chi connectivity index (χ0) is 12.4. The lowest BCUT2D eigenvalue weighted by molar-refractivity contribution is -0.0987. The van der Waals surface area contributed by atoms with Gasteiger partial charge in [-0.2, -0.15) is 11.8 Å². The Morgan fingerprint density at radius 2 is 2.41 bits per heavy atom. The van der Waals surface area contributed by atoms with Gasteiger partial charge in [-0.05, 0) is 37.4 Å². The molecule has 0 aromatic heterocycles. The zero-order valence-corrected chi connectivity index (χ0v) is 11.9. The van der Waals surface area contributed by atoms with Gasteiger partial charge in [0.1, 0.15) is 0 Å². The van der Waals surface area contributed by atoms with Gasteiger partial charge in [-0.15, -0.1) is 0 Å². The number of thioether (sulfide) groups is 1. The third-order valence-electron chi connectivity index (χ3n) is 4.44. The van der Waals surface area contributed by atoms with Crippen molar-refractivity contribution in [1.29, 1.82) is 0 Å². The molecule has 2 saturated heterocycles. The van der Waals surface area contributed by atoms with Crippen LogP contribution in [0.15, 0.2) is 0 Å². The summed E-state index contributed by atoms with van der Waals surface area (Å²) in [6.45, 7) is 3.70. The first kappa shape index (κ1) is 13.7. The summed E-state index contributed by atoms with van der Waals surface area (Å²) in [5.41, 5.74) is 6.50. The highest BCUT2D eigenvalue weighted by Gasteiger charge is 2.45. The highest BCUT2D eigenvalue weighted by atomic mass is 32.2. The fraction of sp³-hybridized carbons (Fsp3) is 1.00. The molecule has 0 aromatic carbocycles. The van der Waals surface area contributed by atoms with Gasteiger partial charge in [0.2, 0.25) is 0 Å². The molecule has 0 bridgehead atoms. The fourth-order valence-electron chi connectivity index (χ4n) is 3.16. The zero-order valence-electron chi connectivity index (χ0n) is 11.0. The summed E-state index contributed by atoms with van der Waals surface area (Å²) in [5, 5.41) is 0. The molecule has 2 aliphatic rings. The molecule has 0 amide bonds. The Labute approximate surface area is 109 Å². The van der Waals surface area contributed by atoms with Gasteiger partial charge in [0.05, 0.1) is 12.2 Å². The molecule has 2 fully saturated rings. The molecule has 17 heavy (non-hydrogen) atoms. The van der Waals surface area contributed by atoms with E-state index in [0.29, 0.717) is 12.5 Å². The Morgan fingerprint density at radius 1 is 1.59 bits per heavy atom. The summed E-state index contributed by atoms with van der Waals surface area (Å²) in [4.78, 5) is 0. The second-order valence-electron chi connectivity index (χ2n) is 5.54. The van der Waals surface area contributed by atoms with Crippen molar-refractivity contribution in [2.24, 2.45) is 11.7 Å². The predicted molar refractivity (Wildman–Crippen MR) is 72.4 cm³/mol. The van der Waals surface area contributed by atoms with Gasteiger partial charge in [-0.25, -0.2) is 0 Å². The quantitative estimate of drug-likeness (QED) is 0.839. The molecule has 100 valence electrons. The van der Waals surface area contributed by atoms with Crippen molar-refractivity contribution in [3.8, 4) is 0 Å². The van der Waals surface area contributed by atoms with Gasteiger partial charge in [-0.3, -0.25) is 0 Å². The lowest BCUT2D eigenvalue weighted by atomic mass is 9.73. The molecule has 0 radical (unpaired) electrons. The van der Waals surface area contributed by atoms with Crippen molar-refractivity contribution in [2.45, 2.75) is 43.7 Å². The first-order chi connectivity index (χ1) is 8.14. The van der Waals surface area contributed by atoms with E-state index in [4.69, 9.17) is 15.2 Å². The topological polar surface area (TPSA) is 44.5 Å². The number of ether oxygens (including phenoxy) is 2. The minimum Gasteiger partial charge on any atom is -0.383 e. The van der Waals surface area contributed by atoms with Crippen LogP contribution in [0.4, 0.5) is 0 Å². The number of methoxy groups -OCH3 is 1. The van der Waals surface area contributed by atoms with Crippen LogP contribution >= 0.6 is 11.8 Å². The van der Waals surface area contributed by atoms with E-state index < -0.39 is 0 Å². The van der Waals surface area contributed by atoms with Crippen LogP contribution in [0.3, 0.4) is 0 Å². The SMILES string of the molecule is CCC(N)(COC)C1CCOC2(CCSC2)C1. The van der Waals surface area contributed by atoms with Gasteiger partial charge < -0.3 is 15.2 Å². The smallest absolute Gasteiger partial charge is 0.0783 e. The number of nitrogens with two attached hydrogens (primary N) is 1. The number of hydrogen-bond donors (Lipinski definition) is 1. The molecular weight excluding hydrogens is 234 g/mol. The number of hydrogen-bond acceptors (Lipinski definition) is 4. The first-order valence-corrected chi connectivity index (χ1v) is 7.79. The highest BCUT2D eigenvalue weighted by molar-refractivity contribution is 7.99. The monoisotopic (exact) mass is 259 g/mol. The van der Waals surface area contributed by atoms with Crippen LogP contribution in [0.25, 0.3) is 0 Å². The molecule has 3 nitrogen and oxygen atoms in total. The fourth-order valence-corrected chi connectivity index (χ4v) is 4.54. The van der Waals surface area contributed by atoms with E-state index in [9.17, 15) is 0 Å². The lowest BCUT2D eigenvalue weighted by Crippen LogP contribution is -2.55. The Bertz CT molecular complexity index is 256. The summed E-state index contributed by atoms with van der Waals surface area (Å²) < 4.78 is 11.4. The third kappa shape index (κ3) is 2.80. The van der Waals surface area contributed by atoms with Crippen LogP contribution in [0.2, 0.25) is 0 Å². The van der Waals surface area contributed by atoms with Crippen LogP contribution in [0, 0.1) is 5.92 Å². The van der Waals surface area contributed by atoms with E-state index >= 15 is 0 Å². The van der Waals surface area contributed by atoms with Crippen LogP contribution in [0.5, 0.6) is 0 Å². The Morgan fingerprint density at radius 3 is 3.00 bits per heavy atom. The maximum absolute atomic E-state index is 6.55. The summed E-state index contributed by atoms with van der Waals surface area (Å²) in [6, 6.07) is 0. The molecule has 2 N–H and O–H groups in total. The minimum atomic E-state index is -0.168. The Kier molecular flexibility index (Phi) is 4.40. The molecule has 0 aromatic rings. The largest absolute Gasteiger partial charge is 0.383 e. The third-order valence-corrected chi connectivity index (χ3v) is 5.67. The molecule has 3 unspecified atom stereocenters. The van der Waals surface area contributed by atoms with E-state index in [2.05, 4.69) is 6.92 Å². The van der Waals surface area contributed by atoms with Crippen molar-refractivity contribution in [3.05, 3.63) is 0 Å². The van der Waals surface area contributed by atoms with Crippen molar-refractivity contribution in [2.75, 3.05) is 31.8 Å². The second-order valence-corrected chi connectivity index (χ2v) is 6.65. The van der Waals surface area contributed by atoms with Gasteiger partial charge in [0, 0.05) is 25.0 Å². The summed E-state index contributed by atoms with van der Waals surface area (Å²) in [6.07, 6.45) is 4.38. The first-order valence-electron chi connectivity index (χ1n) is 6.64. The van der Waals surface area contributed by atoms with Crippen molar-refractivity contribution in [1.82, 2.24) is 0 Å². The molecule has 0 saturated carbocycles. The van der Waals surface area contributed by atoms with Crippen molar-refractivity contribution in [3.63, 3.8) is 0 Å². The normalized spacial score (nSPS) is 37.2. The van der Waals surface area contributed by atoms with Crippen LogP contribution in [-0.4, -0.2) is 43.0 Å². The van der Waals surface area contributed by atoms with E-state index in [-0.39, 0.29) is 11.1 Å². The molecule has 4 heteroatoms. The predicted octanol–water partition coefficient (Wildman–Crippen LogP) is 2.04. The van der Waals surface area contributed by atoms with Crippen molar-refractivity contribution >= 4 is 11.8 Å². The van der Waals surface area contributed by atoms with Gasteiger partial charge in [0.25, 0.3) is 0 Å². The van der Waals surface area contributed by atoms with Crippen molar-refractivity contribution < 1.29 is 9.47 Å². The minimum absolute atomic E-state index is 0.126. The van der Waals surface area contributed by atoms with Gasteiger partial charge >= 0.3 is 0 Å². The molecule has 1 spiro atoms. The summed E-state index contributed by atoms with van der Waals surface area (Å²) in [5.74, 6) is 2.93. The van der Waals surface area contributed by atoms with E-state index in [1.807, 2.05) is 11.8 Å². The van der Waals surface area contributed by atoms with Gasteiger partial charge in [-0.1, -0.05) is 6.92 Å². The van der Waals surface area contributed by atoms with Crippen LogP contribution in [-0.2, 0) is 9.47 Å². The molecule has 3 atom stereocenters. The average molecular weight is 259 g/mol. The number of rotatable bonds is 4. The highest BCUT2D eigenvalue weighted by Crippen LogP contribution is 2.43. The molecule has 2 rings (SSSR count). The van der Waals surface area contributed by atoms with E-state index in [0.717, 1.165) is 31.6 Å². The lowest BCUT2D eigenvalue weighted by Gasteiger charge is -2.45. The summed E-state index contributed by atoms with van der Waals surface area (Å²) >= 11 is 2.02. The maximum Gasteiger partial charge on any atom is 0.0783 e. The second kappa shape index (κ2) is 5.47.